The zero-order chi connectivity index (χ0) is 26.4. The highest BCUT2D eigenvalue weighted by molar-refractivity contribution is 5.91. The standard InChI is InChI=1S/C26H19F7O3/c1-3-5-13-6-7-16(17(27)12-13)24(34)36-19-11-9-15-14-8-10-18(35-4-2)22(28)20(14)25(30,31)26(32,33)21(15)23(19)29/h6-12H,3-5H2,1-2H3. The molecule has 3 nitrogen and oxygen atoms in total. The minimum atomic E-state index is -5.22. The molecule has 0 fully saturated rings. The molecule has 0 radical (unpaired) electrons. The minimum Gasteiger partial charge on any atom is -0.491 e. The number of aryl methyl sites for hydroxylation is 1. The number of fused-ring (bicyclic) bond motifs is 3. The first-order valence-corrected chi connectivity index (χ1v) is 11.0. The van der Waals surface area contributed by atoms with E-state index in [4.69, 9.17) is 9.47 Å². The zero-order valence-corrected chi connectivity index (χ0v) is 19.0. The molecule has 1 aliphatic rings. The first kappa shape index (κ1) is 25.5. The van der Waals surface area contributed by atoms with Crippen LogP contribution in [0, 0.1) is 17.5 Å². The predicted octanol–water partition coefficient (Wildman–Crippen LogP) is 7.54. The van der Waals surface area contributed by atoms with Gasteiger partial charge in [0.25, 0.3) is 0 Å². The van der Waals surface area contributed by atoms with Crippen molar-refractivity contribution in [3.63, 3.8) is 0 Å². The van der Waals surface area contributed by atoms with Crippen LogP contribution >= 0.6 is 0 Å². The number of hydrogen-bond donors (Lipinski definition) is 0. The first-order chi connectivity index (χ1) is 16.9. The molecule has 4 rings (SSSR count). The monoisotopic (exact) mass is 512 g/mol. The highest BCUT2D eigenvalue weighted by Crippen LogP contribution is 2.60. The third kappa shape index (κ3) is 3.88. The highest BCUT2D eigenvalue weighted by Gasteiger charge is 2.65. The molecule has 3 aromatic rings. The Kier molecular flexibility index (Phi) is 6.49. The second-order valence-corrected chi connectivity index (χ2v) is 8.14. The van der Waals surface area contributed by atoms with Crippen LogP contribution in [0.15, 0.2) is 42.5 Å². The number of alkyl halides is 4. The summed E-state index contributed by atoms with van der Waals surface area (Å²) in [5.41, 5.74) is -4.80. The molecule has 0 N–H and O–H groups in total. The molecule has 0 aromatic heterocycles. The van der Waals surface area contributed by atoms with E-state index in [1.165, 1.54) is 13.0 Å². The van der Waals surface area contributed by atoms with Gasteiger partial charge in [-0.25, -0.2) is 18.0 Å². The van der Waals surface area contributed by atoms with Crippen molar-refractivity contribution in [1.82, 2.24) is 0 Å². The number of halogens is 7. The van der Waals surface area contributed by atoms with Crippen molar-refractivity contribution in [1.29, 1.82) is 0 Å². The lowest BCUT2D eigenvalue weighted by atomic mass is 9.79. The quantitative estimate of drug-likeness (QED) is 0.195. The molecule has 0 amide bonds. The average Bonchev–Trinajstić information content (AvgIpc) is 2.80. The van der Waals surface area contributed by atoms with Crippen LogP contribution in [0.5, 0.6) is 11.5 Å². The smallest absolute Gasteiger partial charge is 0.346 e. The van der Waals surface area contributed by atoms with E-state index in [1.54, 1.807) is 0 Å². The van der Waals surface area contributed by atoms with Crippen LogP contribution in [0.4, 0.5) is 30.7 Å². The SMILES string of the molecule is CCCc1ccc(C(=O)Oc2ccc3c(c2F)C(F)(F)C(F)(F)c2c-3ccc(OCC)c2F)c(F)c1. The number of hydrogen-bond acceptors (Lipinski definition) is 3. The van der Waals surface area contributed by atoms with Crippen LogP contribution in [0.25, 0.3) is 11.1 Å². The van der Waals surface area contributed by atoms with E-state index in [2.05, 4.69) is 0 Å². The highest BCUT2D eigenvalue weighted by atomic mass is 19.3. The first-order valence-electron chi connectivity index (χ1n) is 11.0. The van der Waals surface area contributed by atoms with Gasteiger partial charge in [-0.05, 0) is 66.4 Å². The summed E-state index contributed by atoms with van der Waals surface area (Å²) in [5.74, 6) is -18.2. The molecular weight excluding hydrogens is 493 g/mol. The summed E-state index contributed by atoms with van der Waals surface area (Å²) < 4.78 is 114. The van der Waals surface area contributed by atoms with Crippen molar-refractivity contribution in [3.8, 4) is 22.6 Å². The summed E-state index contributed by atoms with van der Waals surface area (Å²) in [6, 6.07) is 7.08. The van der Waals surface area contributed by atoms with E-state index < -0.39 is 74.6 Å². The molecule has 10 heteroatoms. The Morgan fingerprint density at radius 3 is 1.89 bits per heavy atom. The predicted molar refractivity (Wildman–Crippen MR) is 116 cm³/mol. The number of carbonyl (C=O) groups is 1. The van der Waals surface area contributed by atoms with Crippen molar-refractivity contribution >= 4 is 5.97 Å². The maximum atomic E-state index is 15.2. The van der Waals surface area contributed by atoms with Gasteiger partial charge in [0.05, 0.1) is 23.3 Å². The molecule has 0 bridgehead atoms. The summed E-state index contributed by atoms with van der Waals surface area (Å²) in [6.07, 6.45) is 1.24. The molecule has 1 aliphatic carbocycles. The minimum absolute atomic E-state index is 0.112. The Hall–Kier alpha value is -3.56. The van der Waals surface area contributed by atoms with Crippen LogP contribution in [0.3, 0.4) is 0 Å². The molecule has 0 unspecified atom stereocenters. The number of carbonyl (C=O) groups excluding carboxylic acids is 1. The molecular formula is C26H19F7O3. The van der Waals surface area contributed by atoms with Crippen molar-refractivity contribution in [2.24, 2.45) is 0 Å². The molecule has 190 valence electrons. The van der Waals surface area contributed by atoms with Gasteiger partial charge in [-0.15, -0.1) is 0 Å². The Morgan fingerprint density at radius 2 is 1.36 bits per heavy atom. The van der Waals surface area contributed by atoms with Crippen molar-refractivity contribution in [2.75, 3.05) is 6.61 Å². The summed E-state index contributed by atoms with van der Waals surface area (Å²) in [5, 5.41) is 0. The van der Waals surface area contributed by atoms with E-state index in [-0.39, 0.29) is 6.61 Å². The maximum absolute atomic E-state index is 15.2. The van der Waals surface area contributed by atoms with Crippen molar-refractivity contribution in [3.05, 3.63) is 82.2 Å². The fourth-order valence-electron chi connectivity index (χ4n) is 4.16. The third-order valence-corrected chi connectivity index (χ3v) is 5.82. The topological polar surface area (TPSA) is 35.5 Å². The van der Waals surface area contributed by atoms with Crippen molar-refractivity contribution < 1.29 is 45.0 Å². The largest absolute Gasteiger partial charge is 0.491 e. The molecule has 0 aliphatic heterocycles. The summed E-state index contributed by atoms with van der Waals surface area (Å²) in [7, 11) is 0. The Labute approximate surface area is 201 Å². The van der Waals surface area contributed by atoms with Gasteiger partial charge in [0.2, 0.25) is 0 Å². The molecule has 0 heterocycles. The second-order valence-electron chi connectivity index (χ2n) is 8.14. The maximum Gasteiger partial charge on any atom is 0.346 e. The molecule has 36 heavy (non-hydrogen) atoms. The number of rotatable bonds is 6. The normalized spacial score (nSPS) is 15.1. The fraction of sp³-hybridized carbons (Fsp3) is 0.269. The van der Waals surface area contributed by atoms with Gasteiger partial charge in [-0.1, -0.05) is 19.4 Å². The second kappa shape index (κ2) is 9.15. The summed E-state index contributed by atoms with van der Waals surface area (Å²) >= 11 is 0. The Morgan fingerprint density at radius 1 is 0.806 bits per heavy atom. The van der Waals surface area contributed by atoms with Crippen LogP contribution in [-0.4, -0.2) is 12.6 Å². The average molecular weight is 512 g/mol. The lowest BCUT2D eigenvalue weighted by Gasteiger charge is -2.35. The fourth-order valence-corrected chi connectivity index (χ4v) is 4.16. The number of esters is 1. The molecule has 3 aromatic carbocycles. The van der Waals surface area contributed by atoms with E-state index in [9.17, 15) is 22.4 Å². The van der Waals surface area contributed by atoms with E-state index >= 15 is 13.2 Å². The van der Waals surface area contributed by atoms with Crippen LogP contribution in [0.2, 0.25) is 0 Å². The van der Waals surface area contributed by atoms with Gasteiger partial charge >= 0.3 is 17.8 Å². The Balaban J connectivity index is 1.80. The van der Waals surface area contributed by atoms with Gasteiger partial charge in [0, 0.05) is 0 Å². The van der Waals surface area contributed by atoms with E-state index in [0.29, 0.717) is 18.4 Å². The molecule has 0 atom stereocenters. The van der Waals surface area contributed by atoms with Gasteiger partial charge in [0.15, 0.2) is 23.1 Å². The third-order valence-electron chi connectivity index (χ3n) is 5.82. The van der Waals surface area contributed by atoms with E-state index in [0.717, 1.165) is 36.4 Å². The van der Waals surface area contributed by atoms with Gasteiger partial charge in [0.1, 0.15) is 5.82 Å². The number of benzene rings is 3. The molecule has 0 spiro atoms. The molecule has 0 saturated carbocycles. The number of ether oxygens (including phenoxy) is 2. The zero-order valence-electron chi connectivity index (χ0n) is 19.0. The lowest BCUT2D eigenvalue weighted by molar-refractivity contribution is -0.228. The van der Waals surface area contributed by atoms with Gasteiger partial charge in [-0.3, -0.25) is 0 Å². The van der Waals surface area contributed by atoms with Gasteiger partial charge < -0.3 is 9.47 Å². The van der Waals surface area contributed by atoms with Crippen molar-refractivity contribution in [2.45, 2.75) is 38.5 Å². The Bertz CT molecular complexity index is 1350. The van der Waals surface area contributed by atoms with Gasteiger partial charge in [-0.2, -0.15) is 17.6 Å². The molecule has 0 saturated heterocycles. The van der Waals surface area contributed by atoms with E-state index in [1.807, 2.05) is 6.92 Å². The summed E-state index contributed by atoms with van der Waals surface area (Å²) in [6.45, 7) is 3.20. The summed E-state index contributed by atoms with van der Waals surface area (Å²) in [4.78, 5) is 12.4. The van der Waals surface area contributed by atoms with Crippen LogP contribution in [0.1, 0.15) is 47.3 Å². The van der Waals surface area contributed by atoms with Crippen LogP contribution in [-0.2, 0) is 18.3 Å². The lowest BCUT2D eigenvalue weighted by Crippen LogP contribution is -2.41. The van der Waals surface area contributed by atoms with Crippen LogP contribution < -0.4 is 9.47 Å².